The van der Waals surface area contributed by atoms with E-state index in [4.69, 9.17) is 14.2 Å². The number of morpholine rings is 1. The lowest BCUT2D eigenvalue weighted by atomic mass is 10.1. The molecule has 6 heteroatoms. The molecule has 2 saturated heterocycles. The number of rotatable bonds is 4. The molecular formula is C13H25N3O3. The average Bonchev–Trinajstić information content (AvgIpc) is 2.98. The van der Waals surface area contributed by atoms with Gasteiger partial charge in [0.2, 0.25) is 0 Å². The SMILES string of the molecule is CN=C(NCCOC)N1CCOC(C2CCCO2)C1. The summed E-state index contributed by atoms with van der Waals surface area (Å²) in [6.45, 7) is 4.76. The molecule has 2 fully saturated rings. The molecule has 2 heterocycles. The monoisotopic (exact) mass is 271 g/mol. The lowest BCUT2D eigenvalue weighted by molar-refractivity contribution is -0.0817. The van der Waals surface area contributed by atoms with Crippen molar-refractivity contribution in [3.8, 4) is 0 Å². The Balaban J connectivity index is 1.84. The summed E-state index contributed by atoms with van der Waals surface area (Å²) in [5.41, 5.74) is 0. The molecule has 110 valence electrons. The highest BCUT2D eigenvalue weighted by molar-refractivity contribution is 5.80. The number of guanidine groups is 1. The number of aliphatic imine (C=N–C) groups is 1. The van der Waals surface area contributed by atoms with E-state index in [0.717, 1.165) is 51.6 Å². The van der Waals surface area contributed by atoms with E-state index in [9.17, 15) is 0 Å². The van der Waals surface area contributed by atoms with Crippen LogP contribution in [0.1, 0.15) is 12.8 Å². The van der Waals surface area contributed by atoms with Gasteiger partial charge in [0.25, 0.3) is 0 Å². The molecule has 2 unspecified atom stereocenters. The first-order chi connectivity index (χ1) is 9.35. The van der Waals surface area contributed by atoms with Gasteiger partial charge in [-0.25, -0.2) is 0 Å². The summed E-state index contributed by atoms with van der Waals surface area (Å²) in [4.78, 5) is 6.57. The molecule has 0 aromatic heterocycles. The Morgan fingerprint density at radius 2 is 2.21 bits per heavy atom. The summed E-state index contributed by atoms with van der Waals surface area (Å²) < 4.78 is 16.6. The standard InChI is InChI=1S/C13H25N3O3/c1-14-13(15-5-8-17-2)16-6-9-19-12(10-16)11-4-3-7-18-11/h11-12H,3-10H2,1-2H3,(H,14,15). The van der Waals surface area contributed by atoms with Gasteiger partial charge >= 0.3 is 0 Å². The molecule has 0 aromatic carbocycles. The molecule has 2 atom stereocenters. The first-order valence-corrected chi connectivity index (χ1v) is 7.03. The maximum Gasteiger partial charge on any atom is 0.193 e. The van der Waals surface area contributed by atoms with E-state index in [1.807, 2.05) is 7.05 Å². The van der Waals surface area contributed by atoms with Crippen LogP contribution >= 0.6 is 0 Å². The van der Waals surface area contributed by atoms with Crippen LogP contribution in [0.4, 0.5) is 0 Å². The number of methoxy groups -OCH3 is 1. The second-order valence-electron chi connectivity index (χ2n) is 4.87. The molecule has 2 aliphatic heterocycles. The van der Waals surface area contributed by atoms with Gasteiger partial charge in [-0.2, -0.15) is 0 Å². The third-order valence-corrected chi connectivity index (χ3v) is 3.57. The van der Waals surface area contributed by atoms with E-state index in [1.54, 1.807) is 7.11 Å². The molecule has 0 aliphatic carbocycles. The molecule has 0 spiro atoms. The van der Waals surface area contributed by atoms with Crippen molar-refractivity contribution in [1.29, 1.82) is 0 Å². The average molecular weight is 271 g/mol. The van der Waals surface area contributed by atoms with Crippen LogP contribution in [0.25, 0.3) is 0 Å². The molecule has 2 aliphatic rings. The summed E-state index contributed by atoms with van der Waals surface area (Å²) in [6.07, 6.45) is 2.66. The Hall–Kier alpha value is -0.850. The van der Waals surface area contributed by atoms with E-state index in [-0.39, 0.29) is 12.2 Å². The first-order valence-electron chi connectivity index (χ1n) is 7.03. The number of nitrogens with zero attached hydrogens (tertiary/aromatic N) is 2. The highest BCUT2D eigenvalue weighted by Gasteiger charge is 2.32. The van der Waals surface area contributed by atoms with Crippen LogP contribution in [0.5, 0.6) is 0 Å². The van der Waals surface area contributed by atoms with Gasteiger partial charge in [0.1, 0.15) is 6.10 Å². The van der Waals surface area contributed by atoms with E-state index in [0.29, 0.717) is 6.61 Å². The van der Waals surface area contributed by atoms with Gasteiger partial charge in [-0.1, -0.05) is 0 Å². The van der Waals surface area contributed by atoms with Gasteiger partial charge in [-0.05, 0) is 12.8 Å². The molecule has 0 amide bonds. The topological polar surface area (TPSA) is 55.3 Å². The summed E-state index contributed by atoms with van der Waals surface area (Å²) in [5, 5.41) is 3.31. The van der Waals surface area contributed by atoms with Gasteiger partial charge in [0, 0.05) is 40.4 Å². The fourth-order valence-electron chi connectivity index (χ4n) is 2.59. The van der Waals surface area contributed by atoms with Gasteiger partial charge in [0.15, 0.2) is 5.96 Å². The Morgan fingerprint density at radius 1 is 1.37 bits per heavy atom. The van der Waals surface area contributed by atoms with Crippen molar-refractivity contribution in [2.45, 2.75) is 25.0 Å². The maximum absolute atomic E-state index is 5.84. The number of ether oxygens (including phenoxy) is 3. The molecule has 19 heavy (non-hydrogen) atoms. The van der Waals surface area contributed by atoms with E-state index in [1.165, 1.54) is 0 Å². The van der Waals surface area contributed by atoms with Crippen molar-refractivity contribution in [3.05, 3.63) is 0 Å². The lowest BCUT2D eigenvalue weighted by Crippen LogP contribution is -2.53. The zero-order valence-corrected chi connectivity index (χ0v) is 11.9. The van der Waals surface area contributed by atoms with Crippen LogP contribution in [0.3, 0.4) is 0 Å². The predicted molar refractivity (Wildman–Crippen MR) is 73.5 cm³/mol. The van der Waals surface area contributed by atoms with Gasteiger partial charge < -0.3 is 24.4 Å². The Kier molecular flexibility index (Phi) is 5.88. The minimum atomic E-state index is 0.164. The molecular weight excluding hydrogens is 246 g/mol. The predicted octanol–water partition coefficient (Wildman–Crippen LogP) is 0.0880. The summed E-state index contributed by atoms with van der Waals surface area (Å²) >= 11 is 0. The van der Waals surface area contributed by atoms with Crippen LogP contribution in [0.2, 0.25) is 0 Å². The normalized spacial score (nSPS) is 28.7. The minimum absolute atomic E-state index is 0.164. The van der Waals surface area contributed by atoms with Crippen molar-refractivity contribution in [1.82, 2.24) is 10.2 Å². The number of nitrogens with one attached hydrogen (secondary N) is 1. The highest BCUT2D eigenvalue weighted by atomic mass is 16.5. The van der Waals surface area contributed by atoms with Crippen molar-refractivity contribution < 1.29 is 14.2 Å². The van der Waals surface area contributed by atoms with E-state index in [2.05, 4.69) is 15.2 Å². The quantitative estimate of drug-likeness (QED) is 0.446. The molecule has 0 bridgehead atoms. The molecule has 6 nitrogen and oxygen atoms in total. The Labute approximate surface area is 115 Å². The maximum atomic E-state index is 5.84. The Bertz CT molecular complexity index is 293. The van der Waals surface area contributed by atoms with E-state index < -0.39 is 0 Å². The minimum Gasteiger partial charge on any atom is -0.383 e. The van der Waals surface area contributed by atoms with Gasteiger partial charge in [-0.3, -0.25) is 4.99 Å². The van der Waals surface area contributed by atoms with Crippen LogP contribution in [-0.4, -0.2) is 76.7 Å². The van der Waals surface area contributed by atoms with E-state index >= 15 is 0 Å². The fourth-order valence-corrected chi connectivity index (χ4v) is 2.59. The third-order valence-electron chi connectivity index (χ3n) is 3.57. The zero-order chi connectivity index (χ0) is 13.5. The largest absolute Gasteiger partial charge is 0.383 e. The van der Waals surface area contributed by atoms with Gasteiger partial charge in [0.05, 0.1) is 19.3 Å². The second kappa shape index (κ2) is 7.67. The molecule has 2 rings (SSSR count). The van der Waals surface area contributed by atoms with Gasteiger partial charge in [-0.15, -0.1) is 0 Å². The van der Waals surface area contributed by atoms with Crippen molar-refractivity contribution in [3.63, 3.8) is 0 Å². The third kappa shape index (κ3) is 4.06. The molecule has 0 saturated carbocycles. The van der Waals surface area contributed by atoms with Crippen molar-refractivity contribution in [2.75, 3.05) is 53.6 Å². The lowest BCUT2D eigenvalue weighted by Gasteiger charge is -2.37. The summed E-state index contributed by atoms with van der Waals surface area (Å²) in [7, 11) is 3.51. The molecule has 0 aromatic rings. The van der Waals surface area contributed by atoms with Crippen LogP contribution in [0.15, 0.2) is 4.99 Å². The summed E-state index contributed by atoms with van der Waals surface area (Å²) in [6, 6.07) is 0. The van der Waals surface area contributed by atoms with Crippen LogP contribution in [0, 0.1) is 0 Å². The summed E-state index contributed by atoms with van der Waals surface area (Å²) in [5.74, 6) is 0.920. The zero-order valence-electron chi connectivity index (χ0n) is 11.9. The molecule has 0 radical (unpaired) electrons. The van der Waals surface area contributed by atoms with Crippen LogP contribution in [-0.2, 0) is 14.2 Å². The number of hydrogen-bond donors (Lipinski definition) is 1. The van der Waals surface area contributed by atoms with Crippen LogP contribution < -0.4 is 5.32 Å². The first kappa shape index (κ1) is 14.6. The smallest absolute Gasteiger partial charge is 0.193 e. The van der Waals surface area contributed by atoms with Crippen molar-refractivity contribution in [2.24, 2.45) is 4.99 Å². The van der Waals surface area contributed by atoms with Crippen molar-refractivity contribution >= 4 is 5.96 Å². The number of hydrogen-bond acceptors (Lipinski definition) is 4. The molecule has 1 N–H and O–H groups in total. The highest BCUT2D eigenvalue weighted by Crippen LogP contribution is 2.20. The fraction of sp³-hybridized carbons (Fsp3) is 0.923. The Morgan fingerprint density at radius 3 is 2.89 bits per heavy atom. The second-order valence-corrected chi connectivity index (χ2v) is 4.87.